The predicted octanol–water partition coefficient (Wildman–Crippen LogP) is 5.51. The Morgan fingerprint density at radius 2 is 0.962 bits per heavy atom. The van der Waals surface area contributed by atoms with Crippen LogP contribution in [0.3, 0.4) is 0 Å². The van der Waals surface area contributed by atoms with Gasteiger partial charge >= 0.3 is 0 Å². The van der Waals surface area contributed by atoms with Gasteiger partial charge in [0.15, 0.2) is 0 Å². The second kappa shape index (κ2) is 8.25. The summed E-state index contributed by atoms with van der Waals surface area (Å²) in [6.45, 7) is 5.66. The summed E-state index contributed by atoms with van der Waals surface area (Å²) in [5.41, 5.74) is 0. The van der Waals surface area contributed by atoms with E-state index < -0.39 is 15.0 Å². The lowest BCUT2D eigenvalue weighted by Crippen LogP contribution is -2.27. The molecule has 3 aromatic carbocycles. The van der Waals surface area contributed by atoms with E-state index in [-0.39, 0.29) is 0 Å². The SMILES string of the molecule is C[Si](C)(C)CCC=P(c1ccccc1)(c1ccccc1)c1ccccc1. The van der Waals surface area contributed by atoms with Crippen molar-refractivity contribution in [3.8, 4) is 0 Å². The highest BCUT2D eigenvalue weighted by atomic mass is 31.2. The molecule has 0 atom stereocenters. The average Bonchev–Trinajstić information content (AvgIpc) is 2.67. The molecule has 134 valence electrons. The molecule has 0 fully saturated rings. The molecule has 0 aliphatic rings. The fourth-order valence-electron chi connectivity index (χ4n) is 3.44. The minimum absolute atomic E-state index is 1.07. The minimum atomic E-state index is -1.74. The summed E-state index contributed by atoms with van der Waals surface area (Å²) in [7, 11) is -1.07. The van der Waals surface area contributed by atoms with Gasteiger partial charge in [-0.05, 0) is 29.2 Å². The van der Waals surface area contributed by atoms with Crippen LogP contribution in [-0.2, 0) is 0 Å². The maximum absolute atomic E-state index is 2.67. The first kappa shape index (κ1) is 19.0. The van der Waals surface area contributed by atoms with Crippen LogP contribution in [-0.4, -0.2) is 13.9 Å². The molecule has 3 aromatic rings. The van der Waals surface area contributed by atoms with Gasteiger partial charge in [-0.25, -0.2) is 0 Å². The smallest absolute Gasteiger partial charge is 0.0445 e. The molecule has 26 heavy (non-hydrogen) atoms. The number of rotatable bonds is 6. The fourth-order valence-corrected chi connectivity index (χ4v) is 8.67. The van der Waals surface area contributed by atoms with E-state index in [4.69, 9.17) is 0 Å². The van der Waals surface area contributed by atoms with Gasteiger partial charge in [-0.1, -0.05) is 122 Å². The van der Waals surface area contributed by atoms with Crippen molar-refractivity contribution in [2.75, 3.05) is 0 Å². The molecule has 0 saturated heterocycles. The highest BCUT2D eigenvalue weighted by molar-refractivity contribution is 7.94. The summed E-state index contributed by atoms with van der Waals surface area (Å²) in [6.07, 6.45) is 1.18. The van der Waals surface area contributed by atoms with E-state index in [2.05, 4.69) is 116 Å². The maximum Gasteiger partial charge on any atom is 0.0445 e. The maximum atomic E-state index is 2.67. The summed E-state index contributed by atoms with van der Waals surface area (Å²) in [4.78, 5) is 0. The monoisotopic (exact) mass is 376 g/mol. The van der Waals surface area contributed by atoms with Gasteiger partial charge < -0.3 is 0 Å². The van der Waals surface area contributed by atoms with E-state index in [0.717, 1.165) is 0 Å². The van der Waals surface area contributed by atoms with Gasteiger partial charge in [-0.2, -0.15) is 0 Å². The average molecular weight is 377 g/mol. The minimum Gasteiger partial charge on any atom is -0.0745 e. The lowest BCUT2D eigenvalue weighted by atomic mass is 10.4. The molecule has 0 saturated carbocycles. The molecule has 0 heterocycles. The van der Waals surface area contributed by atoms with E-state index >= 15 is 0 Å². The third-order valence-electron chi connectivity index (χ3n) is 4.79. The Hall–Kier alpha value is -1.82. The van der Waals surface area contributed by atoms with Gasteiger partial charge in [0, 0.05) is 8.07 Å². The molecular weight excluding hydrogens is 347 g/mol. The molecule has 0 N–H and O–H groups in total. The number of hydrogen-bond donors (Lipinski definition) is 0. The summed E-state index contributed by atoms with van der Waals surface area (Å²) < 4.78 is 0. The van der Waals surface area contributed by atoms with Crippen molar-refractivity contribution in [1.82, 2.24) is 0 Å². The Morgan fingerprint density at radius 3 is 1.27 bits per heavy atom. The van der Waals surface area contributed by atoms with Crippen molar-refractivity contribution in [1.29, 1.82) is 0 Å². The van der Waals surface area contributed by atoms with Gasteiger partial charge in [0.1, 0.15) is 0 Å². The van der Waals surface area contributed by atoms with Crippen LogP contribution in [0.1, 0.15) is 6.42 Å². The van der Waals surface area contributed by atoms with Crippen LogP contribution in [0, 0.1) is 0 Å². The number of benzene rings is 3. The van der Waals surface area contributed by atoms with E-state index in [0.29, 0.717) is 0 Å². The van der Waals surface area contributed by atoms with Gasteiger partial charge in [0.25, 0.3) is 0 Å². The number of hydrogen-bond acceptors (Lipinski definition) is 0. The first-order valence-corrected chi connectivity index (χ1v) is 15.0. The summed E-state index contributed by atoms with van der Waals surface area (Å²) in [6, 6.07) is 34.7. The van der Waals surface area contributed by atoms with Crippen LogP contribution in [0.5, 0.6) is 0 Å². The molecule has 2 heteroatoms. The molecule has 0 spiro atoms. The molecule has 0 aromatic heterocycles. The van der Waals surface area contributed by atoms with Gasteiger partial charge in [-0.3, -0.25) is 0 Å². The normalized spacial score (nSPS) is 12.0. The third kappa shape index (κ3) is 4.28. The Labute approximate surface area is 159 Å². The molecule has 0 unspecified atom stereocenters. The molecule has 0 nitrogen and oxygen atoms in total. The van der Waals surface area contributed by atoms with Crippen LogP contribution < -0.4 is 15.9 Å². The topological polar surface area (TPSA) is 0 Å². The molecule has 0 bridgehead atoms. The molecule has 0 aliphatic heterocycles. The van der Waals surface area contributed by atoms with Crippen LogP contribution in [0.4, 0.5) is 0 Å². The zero-order valence-electron chi connectivity index (χ0n) is 16.1. The third-order valence-corrected chi connectivity index (χ3v) is 10.7. The first-order valence-electron chi connectivity index (χ1n) is 9.42. The molecule has 0 radical (unpaired) electrons. The molecule has 0 aliphatic carbocycles. The van der Waals surface area contributed by atoms with E-state index in [1.54, 1.807) is 0 Å². The van der Waals surface area contributed by atoms with Crippen molar-refractivity contribution >= 4 is 36.7 Å². The molecule has 0 amide bonds. The van der Waals surface area contributed by atoms with E-state index in [1.165, 1.54) is 28.4 Å². The highest BCUT2D eigenvalue weighted by Crippen LogP contribution is 2.44. The van der Waals surface area contributed by atoms with Crippen molar-refractivity contribution in [2.45, 2.75) is 32.1 Å². The Bertz CT molecular complexity index is 759. The lowest BCUT2D eigenvalue weighted by Gasteiger charge is -2.29. The van der Waals surface area contributed by atoms with Crippen molar-refractivity contribution in [3.05, 3.63) is 91.0 Å². The summed E-state index contributed by atoms with van der Waals surface area (Å²) in [5.74, 6) is 2.67. The van der Waals surface area contributed by atoms with Crippen molar-refractivity contribution in [3.63, 3.8) is 0 Å². The Balaban J connectivity index is 2.27. The summed E-state index contributed by atoms with van der Waals surface area (Å²) in [5, 5.41) is 4.36. The second-order valence-corrected chi connectivity index (χ2v) is 17.0. The fraction of sp³-hybridized carbons (Fsp3) is 0.208. The van der Waals surface area contributed by atoms with Crippen LogP contribution >= 0.6 is 6.89 Å². The summed E-state index contributed by atoms with van der Waals surface area (Å²) >= 11 is 0. The van der Waals surface area contributed by atoms with Gasteiger partial charge in [0.05, 0.1) is 0 Å². The highest BCUT2D eigenvalue weighted by Gasteiger charge is 2.24. The second-order valence-electron chi connectivity index (χ2n) is 8.01. The largest absolute Gasteiger partial charge is 0.0745 e. The van der Waals surface area contributed by atoms with Crippen molar-refractivity contribution in [2.24, 2.45) is 0 Å². The van der Waals surface area contributed by atoms with Gasteiger partial charge in [-0.15, -0.1) is 0 Å². The standard InChI is InChI=1S/C24H29PSi/c1-26(2,3)21-13-20-25(22-14-7-4-8-15-22,23-16-9-5-10-17-23)24-18-11-6-12-19-24/h4-12,14-20H,13,21H2,1-3H3. The lowest BCUT2D eigenvalue weighted by molar-refractivity contribution is 1.25. The van der Waals surface area contributed by atoms with Crippen molar-refractivity contribution < 1.29 is 0 Å². The molecular formula is C24H29PSi. The van der Waals surface area contributed by atoms with Crippen LogP contribution in [0.15, 0.2) is 91.0 Å². The predicted molar refractivity (Wildman–Crippen MR) is 124 cm³/mol. The Morgan fingerprint density at radius 1 is 0.615 bits per heavy atom. The van der Waals surface area contributed by atoms with Crippen LogP contribution in [0.2, 0.25) is 25.7 Å². The zero-order valence-corrected chi connectivity index (χ0v) is 18.0. The quantitative estimate of drug-likeness (QED) is 0.393. The van der Waals surface area contributed by atoms with Crippen LogP contribution in [0.25, 0.3) is 0 Å². The van der Waals surface area contributed by atoms with E-state index in [1.807, 2.05) is 0 Å². The van der Waals surface area contributed by atoms with E-state index in [9.17, 15) is 0 Å². The molecule has 3 rings (SSSR count). The first-order chi connectivity index (χ1) is 12.5. The zero-order chi connectivity index (χ0) is 18.5. The Kier molecular flexibility index (Phi) is 6.01. The van der Waals surface area contributed by atoms with Gasteiger partial charge in [0.2, 0.25) is 0 Å².